The van der Waals surface area contributed by atoms with E-state index < -0.39 is 71.3 Å². The molecule has 9 aromatic carbocycles. The van der Waals surface area contributed by atoms with Gasteiger partial charge in [-0.15, -0.1) is 24.0 Å². The van der Waals surface area contributed by atoms with Crippen LogP contribution in [0.25, 0.3) is 43.1 Å². The molecule has 604 valence electrons. The Balaban J connectivity index is 0.0000109. The van der Waals surface area contributed by atoms with E-state index in [9.17, 15) is 9.59 Å². The number of nitrogens with one attached hydrogen (secondary N) is 2. The zero-order chi connectivity index (χ0) is 80.6. The molecule has 21 heteroatoms. The summed E-state index contributed by atoms with van der Waals surface area (Å²) < 4.78 is 51.7. The monoisotopic (exact) mass is 1670 g/mol. The quantitative estimate of drug-likeness (QED) is 0.0106. The average molecular weight is 1670 g/mol. The number of carbonyl (C=O) groups excluding carboxylic acids is 8. The maximum absolute atomic E-state index is 16.9. The Bertz CT molecular complexity index is 4800. The molecule has 15 rings (SSSR count). The molecule has 2 aliphatic carbocycles. The highest BCUT2D eigenvalue weighted by Gasteiger charge is 2.50. The van der Waals surface area contributed by atoms with E-state index in [1.165, 1.54) is 0 Å². The molecule has 115 heavy (non-hydrogen) atoms. The maximum atomic E-state index is 16.9. The van der Waals surface area contributed by atoms with E-state index in [-0.39, 0.29) is 167 Å². The van der Waals surface area contributed by atoms with Gasteiger partial charge in [0.05, 0.1) is 48.3 Å². The van der Waals surface area contributed by atoms with E-state index in [2.05, 4.69) is 90.3 Å². The van der Waals surface area contributed by atoms with Gasteiger partial charge in [0.1, 0.15) is 83.5 Å². The van der Waals surface area contributed by atoms with Crippen molar-refractivity contribution in [2.75, 3.05) is 39.5 Å². The van der Waals surface area contributed by atoms with E-state index in [0.717, 1.165) is 106 Å². The smallest absolute Gasteiger partial charge is 0.307 e. The predicted octanol–water partition coefficient (Wildman–Crippen LogP) is 19.7. The lowest BCUT2D eigenvalue weighted by Crippen LogP contribution is -2.57. The molecule has 0 aromatic heterocycles. The van der Waals surface area contributed by atoms with Gasteiger partial charge in [-0.1, -0.05) is 169 Å². The van der Waals surface area contributed by atoms with Crippen molar-refractivity contribution in [3.63, 3.8) is 0 Å². The van der Waals surface area contributed by atoms with E-state index in [1.54, 1.807) is 24.3 Å². The van der Waals surface area contributed by atoms with Crippen LogP contribution in [0.3, 0.4) is 0 Å². The van der Waals surface area contributed by atoms with Crippen LogP contribution in [0.15, 0.2) is 97.1 Å². The summed E-state index contributed by atoms with van der Waals surface area (Å²) in [6.07, 6.45) is 5.89. The summed E-state index contributed by atoms with van der Waals surface area (Å²) >= 11 is 0. The molecule has 20 nitrogen and oxygen atoms in total. The molecule has 2 N–H and O–H groups in total. The third kappa shape index (κ3) is 16.1. The van der Waals surface area contributed by atoms with Crippen LogP contribution in [-0.4, -0.2) is 121 Å². The molecular weight excluding hydrogens is 1570 g/mol. The summed E-state index contributed by atoms with van der Waals surface area (Å²) in [4.78, 5) is 127. The van der Waals surface area contributed by atoms with E-state index >= 15 is 28.8 Å². The highest BCUT2D eigenvalue weighted by Crippen LogP contribution is 2.59. The van der Waals surface area contributed by atoms with Gasteiger partial charge in [-0.25, -0.2) is 0 Å². The van der Waals surface area contributed by atoms with Crippen LogP contribution in [-0.2, 0) is 38.1 Å². The molecule has 6 atom stereocenters. The second kappa shape index (κ2) is 33.5. The second-order valence-electron chi connectivity index (χ2n) is 33.8. The molecule has 4 heterocycles. The number of halogens is 1. The Labute approximate surface area is 689 Å². The standard InChI is InChI=1S/C94H104N4O16.HI/c1-47(2)59-23-27-69(51(9)35-59)111-73-39-65-79-66(92(104)97(91(65)103)87(55(13)57-19-15-16-20-57)89(101)95-33-31-77(99)109-45-63-43-107-63)41-75(113-71-29-25-61(49(5)6)37-53(71)11)83-84-76(114-72-30-26-62(50(7)8)38-54(72)12)42-68-80-67(40-74(82(86(80)84)81(73)85(79)83)112-70-28-24-60(48(3)4)36-52(70)10)93(105)98(94(68)106)88(56(14)58-21-17-18-22-58)90(102)96-34-32-78(100)110-46-64-44-108-64;/h23-30,35-42,47-50,55-58,63-64,87-88H,15-22,31-34,43-46H2,1-14H3,(H,95,101)(H,96,102);1H. The number of epoxide rings is 2. The molecule has 4 fully saturated rings. The minimum absolute atomic E-state index is 0. The summed E-state index contributed by atoms with van der Waals surface area (Å²) in [6, 6.07) is 27.6. The van der Waals surface area contributed by atoms with Crippen LogP contribution >= 0.6 is 24.0 Å². The van der Waals surface area contributed by atoms with Crippen LogP contribution in [0.1, 0.15) is 243 Å². The molecular formula is C94H105IN4O16. The van der Waals surface area contributed by atoms with Gasteiger partial charge in [0.25, 0.3) is 23.6 Å². The van der Waals surface area contributed by atoms with Gasteiger partial charge in [-0.3, -0.25) is 48.2 Å². The van der Waals surface area contributed by atoms with Crippen LogP contribution in [0, 0.1) is 51.4 Å². The molecule has 0 spiro atoms. The van der Waals surface area contributed by atoms with Crippen LogP contribution in [0.4, 0.5) is 0 Å². The molecule has 0 bridgehead atoms. The SMILES string of the molecule is Cc1cc(C(C)C)ccc1Oc1cc2c3c(cc(Oc4ccc(C(C)C)cc4C)c4c5c(Oc6ccc(C(C)C)cc6C)cc6c7c(cc(Oc8ccc(C(C)C)cc8C)c(c1c34)c75)C(=O)N(C(C(=O)NCCC(=O)OCC1CO1)C(C)C1CCCC1)C6=O)C(=O)N(C(C(=O)NCCC(=O)OCC1CO1)C(C)C1CCCC1)C2=O.I. The van der Waals surface area contributed by atoms with Crippen molar-refractivity contribution in [3.05, 3.63) is 164 Å². The van der Waals surface area contributed by atoms with Crippen molar-refractivity contribution in [2.45, 2.75) is 209 Å². The third-order valence-electron chi connectivity index (χ3n) is 24.6. The van der Waals surface area contributed by atoms with Crippen LogP contribution in [0.5, 0.6) is 46.0 Å². The lowest BCUT2D eigenvalue weighted by Gasteiger charge is -2.39. The van der Waals surface area contributed by atoms with Gasteiger partial charge >= 0.3 is 11.9 Å². The number of rotatable bonds is 30. The third-order valence-corrected chi connectivity index (χ3v) is 24.6. The number of nitrogens with zero attached hydrogens (tertiary/aromatic N) is 2. The van der Waals surface area contributed by atoms with Gasteiger partial charge in [0.2, 0.25) is 11.8 Å². The molecule has 6 amide bonds. The maximum Gasteiger partial charge on any atom is 0.307 e. The van der Waals surface area contributed by atoms with Gasteiger partial charge in [-0.05, 0) is 168 Å². The van der Waals surface area contributed by atoms with Gasteiger partial charge in [-0.2, -0.15) is 0 Å². The lowest BCUT2D eigenvalue weighted by atomic mass is 9.79. The number of hydrogen-bond acceptors (Lipinski definition) is 16. The highest BCUT2D eigenvalue weighted by molar-refractivity contribution is 14.0. The highest BCUT2D eigenvalue weighted by atomic mass is 127. The summed E-state index contributed by atoms with van der Waals surface area (Å²) in [5, 5.41) is 8.15. The average Bonchev–Trinajstić information content (AvgIpc) is 0.870. The zero-order valence-electron chi connectivity index (χ0n) is 68.3. The van der Waals surface area contributed by atoms with Crippen molar-refractivity contribution >= 4 is 114 Å². The normalized spacial score (nSPS) is 17.8. The molecule has 6 unspecified atom stereocenters. The Morgan fingerprint density at radius 3 is 0.878 bits per heavy atom. The predicted molar refractivity (Wildman–Crippen MR) is 452 cm³/mol. The van der Waals surface area contributed by atoms with E-state index in [0.29, 0.717) is 68.5 Å². The Hall–Kier alpha value is -9.71. The molecule has 6 aliphatic rings. The van der Waals surface area contributed by atoms with Crippen molar-refractivity contribution in [1.29, 1.82) is 0 Å². The first-order chi connectivity index (χ1) is 54.6. The number of ether oxygens (including phenoxy) is 8. The molecule has 2 saturated heterocycles. The minimum Gasteiger partial charge on any atom is -0.463 e. The van der Waals surface area contributed by atoms with Crippen molar-refractivity contribution in [3.8, 4) is 46.0 Å². The summed E-state index contributed by atoms with van der Waals surface area (Å²) in [7, 11) is 0. The first-order valence-electron chi connectivity index (χ1n) is 41.0. The molecule has 2 saturated carbocycles. The molecule has 0 radical (unpaired) electrons. The molecule has 4 aliphatic heterocycles. The van der Waals surface area contributed by atoms with Crippen molar-refractivity contribution in [1.82, 2.24) is 20.4 Å². The molecule has 9 aromatic rings. The van der Waals surface area contributed by atoms with Crippen molar-refractivity contribution in [2.24, 2.45) is 23.7 Å². The fraction of sp³-hybridized carbons (Fsp3) is 0.447. The summed E-state index contributed by atoms with van der Waals surface area (Å²) in [5.41, 5.74) is 7.26. The van der Waals surface area contributed by atoms with E-state index in [4.69, 9.17) is 37.9 Å². The lowest BCUT2D eigenvalue weighted by molar-refractivity contribution is -0.145. The minimum atomic E-state index is -1.39. The number of esters is 2. The van der Waals surface area contributed by atoms with Gasteiger partial charge in [0.15, 0.2) is 0 Å². The second-order valence-corrected chi connectivity index (χ2v) is 33.8. The fourth-order valence-corrected chi connectivity index (χ4v) is 17.7. The first-order valence-corrected chi connectivity index (χ1v) is 41.0. The van der Waals surface area contributed by atoms with Gasteiger partial charge < -0.3 is 48.5 Å². The fourth-order valence-electron chi connectivity index (χ4n) is 17.7. The topological polar surface area (TPSA) is 248 Å². The first kappa shape index (κ1) is 81.8. The number of hydrogen-bond donors (Lipinski definition) is 2. The zero-order valence-corrected chi connectivity index (χ0v) is 70.6. The Morgan fingerprint density at radius 1 is 0.383 bits per heavy atom. The number of fused-ring (bicyclic) bond motifs is 2. The number of amides is 6. The number of aryl methyl sites for hydroxylation is 4. The van der Waals surface area contributed by atoms with Gasteiger partial charge in [0, 0.05) is 56.2 Å². The largest absolute Gasteiger partial charge is 0.463 e. The number of benzene rings is 9. The Kier molecular flexibility index (Phi) is 23.8. The van der Waals surface area contributed by atoms with Crippen LogP contribution < -0.4 is 29.6 Å². The van der Waals surface area contributed by atoms with E-state index in [1.807, 2.05) is 90.1 Å². The Morgan fingerprint density at radius 2 is 0.643 bits per heavy atom. The summed E-state index contributed by atoms with van der Waals surface area (Å²) in [5.74, 6) is -4.13. The van der Waals surface area contributed by atoms with Crippen LogP contribution in [0.2, 0.25) is 0 Å². The van der Waals surface area contributed by atoms with Crippen molar-refractivity contribution < 1.29 is 76.3 Å². The number of imide groups is 2. The summed E-state index contributed by atoms with van der Waals surface area (Å²) in [6.45, 7) is 29.4. The number of carbonyl (C=O) groups is 8.